The molecule has 1 saturated heterocycles. The number of carbonyl (C=O) groups is 2. The zero-order valence-electron chi connectivity index (χ0n) is 20.5. The summed E-state index contributed by atoms with van der Waals surface area (Å²) in [5, 5.41) is 18.9. The van der Waals surface area contributed by atoms with E-state index in [9.17, 15) is 14.7 Å². The van der Waals surface area contributed by atoms with Crippen LogP contribution in [0.25, 0.3) is 17.2 Å². The molecule has 1 fully saturated rings. The van der Waals surface area contributed by atoms with Gasteiger partial charge in [0.15, 0.2) is 0 Å². The van der Waals surface area contributed by atoms with Gasteiger partial charge in [0.2, 0.25) is 5.95 Å². The highest BCUT2D eigenvalue weighted by molar-refractivity contribution is 8.00. The second kappa shape index (κ2) is 11.0. The van der Waals surface area contributed by atoms with Gasteiger partial charge in [0.25, 0.3) is 0 Å². The van der Waals surface area contributed by atoms with E-state index in [4.69, 9.17) is 4.84 Å². The van der Waals surface area contributed by atoms with E-state index < -0.39 is 11.4 Å². The minimum atomic E-state index is -0.753. The second-order valence-electron chi connectivity index (χ2n) is 8.93. The van der Waals surface area contributed by atoms with Crippen LogP contribution in [0, 0.1) is 5.41 Å². The highest BCUT2D eigenvalue weighted by Crippen LogP contribution is 2.38. The van der Waals surface area contributed by atoms with Gasteiger partial charge in [-0.05, 0) is 49.9 Å². The average molecular weight is 511 g/mol. The molecule has 0 saturated carbocycles. The summed E-state index contributed by atoms with van der Waals surface area (Å²) in [4.78, 5) is 40.5. The topological polar surface area (TPSA) is 129 Å². The van der Waals surface area contributed by atoms with Gasteiger partial charge in [-0.15, -0.1) is 0 Å². The molecule has 2 aromatic rings. The smallest absolute Gasteiger partial charge is 0.315 e. The number of thioether (sulfide) groups is 1. The molecule has 3 N–H and O–H groups in total. The molecule has 0 aliphatic carbocycles. The highest BCUT2D eigenvalue weighted by atomic mass is 32.2. The number of oxime groups is 1. The first kappa shape index (κ1) is 25.5. The molecule has 190 valence electrons. The Morgan fingerprint density at radius 1 is 1.28 bits per heavy atom. The van der Waals surface area contributed by atoms with Crippen LogP contribution in [0.3, 0.4) is 0 Å². The summed E-state index contributed by atoms with van der Waals surface area (Å²) in [6, 6.07) is 3.84. The first-order valence-corrected chi connectivity index (χ1v) is 12.7. The summed E-state index contributed by atoms with van der Waals surface area (Å²) in [7, 11) is 1.49. The Morgan fingerprint density at radius 2 is 2.00 bits per heavy atom. The zero-order valence-corrected chi connectivity index (χ0v) is 21.3. The third-order valence-electron chi connectivity index (χ3n) is 6.39. The number of piperidine rings is 1. The molecule has 1 aromatic heterocycles. The van der Waals surface area contributed by atoms with Gasteiger partial charge in [0.05, 0.1) is 11.6 Å². The van der Waals surface area contributed by atoms with Crippen LogP contribution in [0.5, 0.6) is 0 Å². The molecule has 2 aliphatic rings. The molecule has 1 atom stereocenters. The Labute approximate surface area is 214 Å². The molecule has 4 rings (SSSR count). The number of nitrogens with zero attached hydrogens (tertiary/aromatic N) is 4. The number of amides is 2. The summed E-state index contributed by atoms with van der Waals surface area (Å²) in [5.74, 6) is -0.155. The highest BCUT2D eigenvalue weighted by Gasteiger charge is 2.37. The number of carbonyl (C=O) groups excluding carboxylic acids is 1. The van der Waals surface area contributed by atoms with E-state index in [0.29, 0.717) is 38.4 Å². The fraction of sp³-hybridized carbons (Fsp3) is 0.400. The van der Waals surface area contributed by atoms with E-state index in [1.54, 1.807) is 25.5 Å². The van der Waals surface area contributed by atoms with Crippen molar-refractivity contribution in [3.63, 3.8) is 0 Å². The van der Waals surface area contributed by atoms with Crippen LogP contribution in [0.1, 0.15) is 37.8 Å². The van der Waals surface area contributed by atoms with E-state index in [1.165, 1.54) is 18.9 Å². The predicted octanol–water partition coefficient (Wildman–Crippen LogP) is 3.58. The number of urea groups is 1. The van der Waals surface area contributed by atoms with Crippen LogP contribution >= 0.6 is 11.8 Å². The van der Waals surface area contributed by atoms with E-state index in [0.717, 1.165) is 27.1 Å². The molecule has 1 unspecified atom stereocenters. The lowest BCUT2D eigenvalue weighted by molar-refractivity contribution is -0.149. The fourth-order valence-electron chi connectivity index (χ4n) is 4.13. The summed E-state index contributed by atoms with van der Waals surface area (Å²) < 4.78 is 0. The van der Waals surface area contributed by atoms with Crippen molar-refractivity contribution in [3.8, 4) is 11.1 Å². The van der Waals surface area contributed by atoms with Gasteiger partial charge in [-0.1, -0.05) is 29.1 Å². The minimum absolute atomic E-state index is 0.209. The van der Waals surface area contributed by atoms with Crippen LogP contribution in [-0.4, -0.2) is 65.4 Å². The number of carboxylic acids is 1. The van der Waals surface area contributed by atoms with E-state index >= 15 is 0 Å². The monoisotopic (exact) mass is 510 g/mol. The lowest BCUT2D eigenvalue weighted by atomic mass is 9.80. The van der Waals surface area contributed by atoms with Crippen LogP contribution in [0.15, 0.2) is 40.7 Å². The number of rotatable bonds is 7. The van der Waals surface area contributed by atoms with Crippen LogP contribution in [0.2, 0.25) is 0 Å². The Bertz CT molecular complexity index is 1180. The maximum absolute atomic E-state index is 12.0. The van der Waals surface area contributed by atoms with Gasteiger partial charge in [0.1, 0.15) is 12.5 Å². The molecule has 3 heterocycles. The van der Waals surface area contributed by atoms with Crippen molar-refractivity contribution in [1.82, 2.24) is 20.6 Å². The number of hydrogen-bond acceptors (Lipinski definition) is 8. The SMILES string of the molecule is CCNC(=O)NC1C=Cc2cc(-c3cnc(N4CCC(C)(C(=O)O)CC4)nc3)cc(C=NOC)c2S1. The van der Waals surface area contributed by atoms with Crippen molar-refractivity contribution in [2.75, 3.05) is 31.6 Å². The molecule has 10 nitrogen and oxygen atoms in total. The average Bonchev–Trinajstić information content (AvgIpc) is 2.88. The number of fused-ring (bicyclic) bond motifs is 1. The minimum Gasteiger partial charge on any atom is -0.481 e. The second-order valence-corrected chi connectivity index (χ2v) is 10.1. The molecule has 11 heteroatoms. The Hall–Kier alpha value is -3.60. The maximum atomic E-state index is 12.0. The molecule has 2 aliphatic heterocycles. The lowest BCUT2D eigenvalue weighted by Gasteiger charge is -2.36. The van der Waals surface area contributed by atoms with Crippen molar-refractivity contribution in [2.24, 2.45) is 10.6 Å². The third-order valence-corrected chi connectivity index (χ3v) is 7.62. The van der Waals surface area contributed by atoms with Gasteiger partial charge in [0, 0.05) is 48.1 Å². The zero-order chi connectivity index (χ0) is 25.7. The summed E-state index contributed by atoms with van der Waals surface area (Å²) in [6.45, 7) is 5.43. The van der Waals surface area contributed by atoms with Gasteiger partial charge >= 0.3 is 12.0 Å². The summed E-state index contributed by atoms with van der Waals surface area (Å²) in [5.41, 5.74) is 2.93. The van der Waals surface area contributed by atoms with E-state index in [1.807, 2.05) is 30.0 Å². The Morgan fingerprint density at radius 3 is 2.64 bits per heavy atom. The molecular weight excluding hydrogens is 480 g/mol. The fourth-order valence-corrected chi connectivity index (χ4v) is 5.22. The van der Waals surface area contributed by atoms with Crippen molar-refractivity contribution < 1.29 is 19.5 Å². The van der Waals surface area contributed by atoms with Crippen LogP contribution in [-0.2, 0) is 9.63 Å². The number of anilines is 1. The molecule has 0 spiro atoms. The van der Waals surface area contributed by atoms with Crippen LogP contribution in [0.4, 0.5) is 10.7 Å². The van der Waals surface area contributed by atoms with Gasteiger partial charge in [-0.3, -0.25) is 4.79 Å². The molecule has 0 radical (unpaired) electrons. The van der Waals surface area contributed by atoms with Gasteiger partial charge in [-0.2, -0.15) is 0 Å². The van der Waals surface area contributed by atoms with Crippen LogP contribution < -0.4 is 15.5 Å². The van der Waals surface area contributed by atoms with Gasteiger partial charge in [-0.25, -0.2) is 14.8 Å². The molecule has 1 aromatic carbocycles. The third kappa shape index (κ3) is 5.62. The standard InChI is InChI=1S/C25H30N6O4S/c1-4-26-24(34)30-20-6-5-16-11-17(12-18(15-29-35-3)21(16)36-20)19-13-27-23(28-14-19)31-9-7-25(2,8-10-31)22(32)33/h5-6,11-15,20H,4,7-10H2,1-3H3,(H,32,33)(H2,26,30,34). The van der Waals surface area contributed by atoms with Gasteiger partial charge < -0.3 is 25.5 Å². The summed E-state index contributed by atoms with van der Waals surface area (Å²) in [6.07, 6.45) is 10.3. The first-order valence-electron chi connectivity index (χ1n) is 11.8. The molecule has 0 bridgehead atoms. The number of hydrogen-bond donors (Lipinski definition) is 3. The predicted molar refractivity (Wildman–Crippen MR) is 140 cm³/mol. The van der Waals surface area contributed by atoms with E-state index in [2.05, 4.69) is 31.8 Å². The lowest BCUT2D eigenvalue weighted by Crippen LogP contribution is -2.43. The number of benzene rings is 1. The molecular formula is C25H30N6O4S. The normalized spacial score (nSPS) is 18.5. The molecule has 2 amide bonds. The van der Waals surface area contributed by atoms with Crippen molar-refractivity contribution in [3.05, 3.63) is 41.7 Å². The maximum Gasteiger partial charge on any atom is 0.315 e. The number of nitrogens with one attached hydrogen (secondary N) is 2. The van der Waals surface area contributed by atoms with Crippen molar-refractivity contribution >= 4 is 42.0 Å². The quantitative estimate of drug-likeness (QED) is 0.381. The van der Waals surface area contributed by atoms with E-state index in [-0.39, 0.29) is 11.4 Å². The first-order chi connectivity index (χ1) is 17.3. The summed E-state index contributed by atoms with van der Waals surface area (Å²) >= 11 is 1.53. The van der Waals surface area contributed by atoms with Crippen molar-refractivity contribution in [2.45, 2.75) is 37.0 Å². The number of carboxylic acid groups (broad SMARTS) is 1. The van der Waals surface area contributed by atoms with Crippen molar-refractivity contribution in [1.29, 1.82) is 0 Å². The Balaban J connectivity index is 1.55. The Kier molecular flexibility index (Phi) is 7.78. The number of aromatic nitrogens is 2. The number of aliphatic carboxylic acids is 1. The molecule has 36 heavy (non-hydrogen) atoms. The largest absolute Gasteiger partial charge is 0.481 e.